The fraction of sp³-hybridized carbons (Fsp3) is 0.222. The third kappa shape index (κ3) is 2.47. The zero-order valence-electron chi connectivity index (χ0n) is 11.5. The molecule has 0 aromatic heterocycles. The highest BCUT2D eigenvalue weighted by atomic mass is 16.5. The van der Waals surface area contributed by atoms with Crippen LogP contribution in [0.15, 0.2) is 54.6 Å². The van der Waals surface area contributed by atoms with E-state index in [1.165, 1.54) is 22.3 Å². The molecule has 0 unspecified atom stereocenters. The lowest BCUT2D eigenvalue weighted by molar-refractivity contribution is 0.307. The van der Waals surface area contributed by atoms with E-state index in [0.717, 1.165) is 25.1 Å². The monoisotopic (exact) mass is 265 g/mol. The quantitative estimate of drug-likeness (QED) is 0.858. The molecule has 3 rings (SSSR count). The average molecular weight is 265 g/mol. The van der Waals surface area contributed by atoms with Crippen LogP contribution in [0.25, 0.3) is 5.57 Å². The molecular weight excluding hydrogens is 246 g/mol. The zero-order chi connectivity index (χ0) is 13.8. The summed E-state index contributed by atoms with van der Waals surface area (Å²) >= 11 is 0. The minimum Gasteiger partial charge on any atom is -0.488 e. The van der Waals surface area contributed by atoms with E-state index in [-0.39, 0.29) is 0 Å². The van der Waals surface area contributed by atoms with Crippen molar-refractivity contribution in [3.05, 3.63) is 71.3 Å². The molecule has 0 radical (unpaired) electrons. The van der Waals surface area contributed by atoms with Crippen molar-refractivity contribution < 1.29 is 4.74 Å². The van der Waals surface area contributed by atoms with Gasteiger partial charge in [0.15, 0.2) is 0 Å². The lowest BCUT2D eigenvalue weighted by Crippen LogP contribution is -1.97. The lowest BCUT2D eigenvalue weighted by Gasteiger charge is -2.10. The maximum atomic E-state index is 5.95. The van der Waals surface area contributed by atoms with Crippen LogP contribution in [-0.2, 0) is 6.61 Å². The van der Waals surface area contributed by atoms with Crippen molar-refractivity contribution in [3.63, 3.8) is 0 Å². The molecule has 2 N–H and O–H groups in total. The number of nitrogens with two attached hydrogens (primary N) is 1. The van der Waals surface area contributed by atoms with Crippen LogP contribution >= 0.6 is 0 Å². The normalized spacial score (nSPS) is 15.2. The van der Waals surface area contributed by atoms with Crippen molar-refractivity contribution in [1.29, 1.82) is 0 Å². The molecule has 1 aliphatic rings. The van der Waals surface area contributed by atoms with Crippen LogP contribution in [0.5, 0.6) is 5.75 Å². The Hall–Kier alpha value is -2.06. The molecule has 0 amide bonds. The van der Waals surface area contributed by atoms with E-state index in [4.69, 9.17) is 10.5 Å². The summed E-state index contributed by atoms with van der Waals surface area (Å²) in [5, 5.41) is 0. The Balaban J connectivity index is 2.11. The summed E-state index contributed by atoms with van der Waals surface area (Å²) in [6, 6.07) is 16.7. The van der Waals surface area contributed by atoms with E-state index in [0.29, 0.717) is 6.61 Å². The Labute approximate surface area is 119 Å². The van der Waals surface area contributed by atoms with Gasteiger partial charge in [0.25, 0.3) is 0 Å². The number of para-hydroxylation sites is 1. The predicted octanol–water partition coefficient (Wildman–Crippen LogP) is 3.75. The molecule has 0 spiro atoms. The Morgan fingerprint density at radius 2 is 1.75 bits per heavy atom. The standard InChI is InChI=1S/C18H19NO/c19-12-6-5-9-16-15-8-2-1-7-14(15)13-20-18-11-4-3-10-17(16)18/h1-4,7-11H,5-6,12-13,19H2/b16-9+. The first-order chi connectivity index (χ1) is 9.90. The summed E-state index contributed by atoms with van der Waals surface area (Å²) in [4.78, 5) is 0. The number of fused-ring (bicyclic) bond motifs is 2. The molecule has 2 heteroatoms. The van der Waals surface area contributed by atoms with Gasteiger partial charge in [-0.1, -0.05) is 48.5 Å². The van der Waals surface area contributed by atoms with Gasteiger partial charge in [0, 0.05) is 5.56 Å². The van der Waals surface area contributed by atoms with Crippen molar-refractivity contribution in [2.75, 3.05) is 6.54 Å². The van der Waals surface area contributed by atoms with Gasteiger partial charge in [-0.3, -0.25) is 0 Å². The van der Waals surface area contributed by atoms with Crippen LogP contribution in [0.3, 0.4) is 0 Å². The van der Waals surface area contributed by atoms with E-state index in [1.54, 1.807) is 0 Å². The Morgan fingerprint density at radius 1 is 1.00 bits per heavy atom. The van der Waals surface area contributed by atoms with Crippen LogP contribution in [0.1, 0.15) is 29.5 Å². The van der Waals surface area contributed by atoms with Gasteiger partial charge in [-0.15, -0.1) is 0 Å². The molecule has 0 bridgehead atoms. The lowest BCUT2D eigenvalue weighted by atomic mass is 9.93. The molecule has 2 aromatic carbocycles. The largest absolute Gasteiger partial charge is 0.488 e. The Morgan fingerprint density at radius 3 is 2.60 bits per heavy atom. The third-order valence-corrected chi connectivity index (χ3v) is 3.62. The summed E-state index contributed by atoms with van der Waals surface area (Å²) in [6.45, 7) is 1.35. The van der Waals surface area contributed by atoms with Crippen molar-refractivity contribution in [1.82, 2.24) is 0 Å². The molecule has 2 nitrogen and oxygen atoms in total. The van der Waals surface area contributed by atoms with Crippen molar-refractivity contribution >= 4 is 5.57 Å². The van der Waals surface area contributed by atoms with Crippen LogP contribution < -0.4 is 10.5 Å². The summed E-state index contributed by atoms with van der Waals surface area (Å²) in [5.41, 5.74) is 10.6. The van der Waals surface area contributed by atoms with Gasteiger partial charge in [0.2, 0.25) is 0 Å². The molecule has 0 atom stereocenters. The van der Waals surface area contributed by atoms with Crippen LogP contribution in [0.4, 0.5) is 0 Å². The van der Waals surface area contributed by atoms with Crippen molar-refractivity contribution in [2.45, 2.75) is 19.4 Å². The average Bonchev–Trinajstić information content (AvgIpc) is 2.66. The maximum absolute atomic E-state index is 5.95. The van der Waals surface area contributed by atoms with Crippen LogP contribution in [-0.4, -0.2) is 6.54 Å². The van der Waals surface area contributed by atoms with E-state index in [2.05, 4.69) is 42.5 Å². The first-order valence-electron chi connectivity index (χ1n) is 7.11. The number of hydrogen-bond acceptors (Lipinski definition) is 2. The predicted molar refractivity (Wildman–Crippen MR) is 82.6 cm³/mol. The Kier molecular flexibility index (Phi) is 3.84. The summed E-state index contributed by atoms with van der Waals surface area (Å²) in [7, 11) is 0. The molecule has 0 saturated heterocycles. The van der Waals surface area contributed by atoms with Crippen molar-refractivity contribution in [3.8, 4) is 5.75 Å². The van der Waals surface area contributed by atoms with Crippen LogP contribution in [0.2, 0.25) is 0 Å². The molecule has 1 heterocycles. The Bertz CT molecular complexity index is 581. The molecule has 102 valence electrons. The smallest absolute Gasteiger partial charge is 0.127 e. The summed E-state index contributed by atoms with van der Waals surface area (Å²) < 4.78 is 5.95. The fourth-order valence-electron chi connectivity index (χ4n) is 2.61. The third-order valence-electron chi connectivity index (χ3n) is 3.62. The molecular formula is C18H19NO. The number of benzene rings is 2. The van der Waals surface area contributed by atoms with E-state index >= 15 is 0 Å². The number of hydrogen-bond donors (Lipinski definition) is 1. The second-order valence-corrected chi connectivity index (χ2v) is 4.99. The minimum absolute atomic E-state index is 0.626. The molecule has 0 fully saturated rings. The molecule has 20 heavy (non-hydrogen) atoms. The second kappa shape index (κ2) is 5.93. The van der Waals surface area contributed by atoms with Crippen molar-refractivity contribution in [2.24, 2.45) is 5.73 Å². The SMILES string of the molecule is NCCC/C=C1\c2ccccc2COc2ccccc21. The number of ether oxygens (including phenoxy) is 1. The van der Waals surface area contributed by atoms with Gasteiger partial charge in [0.1, 0.15) is 12.4 Å². The first-order valence-corrected chi connectivity index (χ1v) is 7.11. The van der Waals surface area contributed by atoms with E-state index in [1.807, 2.05) is 12.1 Å². The highest BCUT2D eigenvalue weighted by Gasteiger charge is 2.17. The first kappa shape index (κ1) is 12.9. The minimum atomic E-state index is 0.626. The highest BCUT2D eigenvalue weighted by Crippen LogP contribution is 2.36. The van der Waals surface area contributed by atoms with Gasteiger partial charge < -0.3 is 10.5 Å². The second-order valence-electron chi connectivity index (χ2n) is 4.99. The summed E-state index contributed by atoms with van der Waals surface area (Å²) in [6.07, 6.45) is 4.29. The zero-order valence-corrected chi connectivity index (χ0v) is 11.5. The van der Waals surface area contributed by atoms with E-state index in [9.17, 15) is 0 Å². The van der Waals surface area contributed by atoms with Crippen LogP contribution in [0, 0.1) is 0 Å². The molecule has 0 saturated carbocycles. The van der Waals surface area contributed by atoms with Gasteiger partial charge in [-0.2, -0.15) is 0 Å². The maximum Gasteiger partial charge on any atom is 0.127 e. The van der Waals surface area contributed by atoms with Gasteiger partial charge in [-0.25, -0.2) is 0 Å². The topological polar surface area (TPSA) is 35.2 Å². The number of unbranched alkanes of at least 4 members (excludes halogenated alkanes) is 1. The number of allylic oxidation sites excluding steroid dienone is 1. The molecule has 0 aliphatic carbocycles. The van der Waals surface area contributed by atoms with Gasteiger partial charge >= 0.3 is 0 Å². The summed E-state index contributed by atoms with van der Waals surface area (Å²) in [5.74, 6) is 0.961. The van der Waals surface area contributed by atoms with Gasteiger partial charge in [0.05, 0.1) is 0 Å². The molecule has 2 aromatic rings. The fourth-order valence-corrected chi connectivity index (χ4v) is 2.61. The van der Waals surface area contributed by atoms with Gasteiger partial charge in [-0.05, 0) is 42.2 Å². The molecule has 1 aliphatic heterocycles. The number of rotatable bonds is 3. The highest BCUT2D eigenvalue weighted by molar-refractivity contribution is 5.84. The van der Waals surface area contributed by atoms with E-state index < -0.39 is 0 Å².